The Labute approximate surface area is 136 Å². The van der Waals surface area contributed by atoms with E-state index in [0.717, 1.165) is 37.7 Å². The Bertz CT molecular complexity index is 773. The molecule has 1 saturated carbocycles. The second-order valence-electron chi connectivity index (χ2n) is 7.13. The summed E-state index contributed by atoms with van der Waals surface area (Å²) in [5, 5.41) is 9.63. The van der Waals surface area contributed by atoms with E-state index in [0.29, 0.717) is 17.9 Å². The van der Waals surface area contributed by atoms with E-state index in [1.165, 1.54) is 9.87 Å². The summed E-state index contributed by atoms with van der Waals surface area (Å²) in [5.74, 6) is -0.893. The second kappa shape index (κ2) is 5.05. The molecule has 0 aromatic heterocycles. The maximum absolute atomic E-state index is 13.0. The lowest BCUT2D eigenvalue weighted by molar-refractivity contribution is -0.149. The van der Waals surface area contributed by atoms with Gasteiger partial charge in [-0.25, -0.2) is 8.42 Å². The molecular weight excluding hydrogens is 314 g/mol. The maximum Gasteiger partial charge on any atom is 0.311 e. The van der Waals surface area contributed by atoms with Crippen LogP contribution in [-0.4, -0.2) is 36.9 Å². The lowest BCUT2D eigenvalue weighted by Gasteiger charge is -2.23. The number of fused-ring (bicyclic) bond motifs is 2. The van der Waals surface area contributed by atoms with Gasteiger partial charge in [-0.3, -0.25) is 4.79 Å². The standard InChI is InChI=1S/C17H21NO4S/c19-16(20)17-8-2-5-14(17)10-18(11-17)23(21,22)15-7-6-12-3-1-4-13(12)9-15/h6-7,9,14H,1-5,8,10-11H2,(H,19,20)/t14-,17+/m0/s1. The predicted octanol–water partition coefficient (Wildman–Crippen LogP) is 2.05. The first-order valence-electron chi connectivity index (χ1n) is 8.29. The molecule has 2 atom stereocenters. The fourth-order valence-corrected chi connectivity index (χ4v) is 6.24. The van der Waals surface area contributed by atoms with E-state index in [9.17, 15) is 18.3 Å². The topological polar surface area (TPSA) is 74.7 Å². The number of carboxylic acid groups (broad SMARTS) is 1. The highest BCUT2D eigenvalue weighted by Gasteiger charge is 2.57. The molecule has 1 aromatic carbocycles. The van der Waals surface area contributed by atoms with Crippen molar-refractivity contribution in [1.82, 2.24) is 4.31 Å². The molecule has 1 aliphatic heterocycles. The maximum atomic E-state index is 13.0. The van der Waals surface area contributed by atoms with Crippen molar-refractivity contribution in [3.63, 3.8) is 0 Å². The van der Waals surface area contributed by atoms with Crippen molar-refractivity contribution in [1.29, 1.82) is 0 Å². The molecular formula is C17H21NO4S. The lowest BCUT2D eigenvalue weighted by Crippen LogP contribution is -2.37. The fraction of sp³-hybridized carbons (Fsp3) is 0.588. The molecule has 1 heterocycles. The summed E-state index contributed by atoms with van der Waals surface area (Å²) in [4.78, 5) is 12.1. The minimum Gasteiger partial charge on any atom is -0.481 e. The van der Waals surface area contributed by atoms with Gasteiger partial charge in [0.05, 0.1) is 10.3 Å². The van der Waals surface area contributed by atoms with E-state index >= 15 is 0 Å². The second-order valence-corrected chi connectivity index (χ2v) is 9.07. The Balaban J connectivity index is 1.67. The van der Waals surface area contributed by atoms with Gasteiger partial charge >= 0.3 is 5.97 Å². The van der Waals surface area contributed by atoms with Gasteiger partial charge in [0.15, 0.2) is 0 Å². The zero-order valence-electron chi connectivity index (χ0n) is 13.0. The van der Waals surface area contributed by atoms with Crippen molar-refractivity contribution in [3.8, 4) is 0 Å². The van der Waals surface area contributed by atoms with Crippen LogP contribution in [0.1, 0.15) is 36.8 Å². The van der Waals surface area contributed by atoms with Crippen molar-refractivity contribution in [3.05, 3.63) is 29.3 Å². The van der Waals surface area contributed by atoms with Gasteiger partial charge in [-0.15, -0.1) is 0 Å². The third-order valence-electron chi connectivity index (χ3n) is 5.97. The van der Waals surface area contributed by atoms with Gasteiger partial charge < -0.3 is 5.11 Å². The molecule has 6 heteroatoms. The van der Waals surface area contributed by atoms with Gasteiger partial charge in [0.25, 0.3) is 0 Å². The van der Waals surface area contributed by atoms with Crippen molar-refractivity contribution in [2.45, 2.75) is 43.4 Å². The van der Waals surface area contributed by atoms with Gasteiger partial charge in [0.2, 0.25) is 10.0 Å². The van der Waals surface area contributed by atoms with Gasteiger partial charge in [-0.05, 0) is 61.3 Å². The Morgan fingerprint density at radius 1 is 1.22 bits per heavy atom. The number of hydrogen-bond donors (Lipinski definition) is 1. The van der Waals surface area contributed by atoms with Crippen molar-refractivity contribution >= 4 is 16.0 Å². The number of hydrogen-bond acceptors (Lipinski definition) is 3. The summed E-state index contributed by atoms with van der Waals surface area (Å²) in [6.45, 7) is 0.456. The average Bonchev–Trinajstić information content (AvgIpc) is 3.19. The van der Waals surface area contributed by atoms with Crippen LogP contribution in [0.3, 0.4) is 0 Å². The summed E-state index contributed by atoms with van der Waals surface area (Å²) in [5.41, 5.74) is 1.49. The van der Waals surface area contributed by atoms with Crippen LogP contribution < -0.4 is 0 Å². The molecule has 4 rings (SSSR count). The first-order valence-corrected chi connectivity index (χ1v) is 9.73. The quantitative estimate of drug-likeness (QED) is 0.917. The molecule has 1 saturated heterocycles. The number of benzene rings is 1. The zero-order valence-corrected chi connectivity index (χ0v) is 13.8. The number of rotatable bonds is 3. The normalized spacial score (nSPS) is 30.3. The number of aryl methyl sites for hydroxylation is 2. The molecule has 124 valence electrons. The van der Waals surface area contributed by atoms with E-state index in [2.05, 4.69) is 0 Å². The first-order chi connectivity index (χ1) is 10.9. The Morgan fingerprint density at radius 3 is 2.74 bits per heavy atom. The van der Waals surface area contributed by atoms with Crippen LogP contribution in [0.5, 0.6) is 0 Å². The van der Waals surface area contributed by atoms with E-state index in [1.807, 2.05) is 6.07 Å². The van der Waals surface area contributed by atoms with Crippen molar-refractivity contribution in [2.24, 2.45) is 11.3 Å². The number of nitrogens with zero attached hydrogens (tertiary/aromatic N) is 1. The van der Waals surface area contributed by atoms with Crippen molar-refractivity contribution < 1.29 is 18.3 Å². The SMILES string of the molecule is O=C(O)[C@@]12CCC[C@H]1CN(S(=O)(=O)c1ccc3c(c1)CCC3)C2. The molecule has 2 aliphatic carbocycles. The van der Waals surface area contributed by atoms with Gasteiger partial charge in [0.1, 0.15) is 0 Å². The van der Waals surface area contributed by atoms with E-state index in [-0.39, 0.29) is 12.5 Å². The van der Waals surface area contributed by atoms with Crippen LogP contribution in [0.4, 0.5) is 0 Å². The van der Waals surface area contributed by atoms with Crippen molar-refractivity contribution in [2.75, 3.05) is 13.1 Å². The largest absolute Gasteiger partial charge is 0.481 e. The molecule has 0 spiro atoms. The number of carbonyl (C=O) groups is 1. The minimum absolute atomic E-state index is 0.0517. The highest BCUT2D eigenvalue weighted by Crippen LogP contribution is 2.50. The Morgan fingerprint density at radius 2 is 2.00 bits per heavy atom. The van der Waals surface area contributed by atoms with Gasteiger partial charge in [-0.1, -0.05) is 12.5 Å². The summed E-state index contributed by atoms with van der Waals surface area (Å²) in [7, 11) is -3.60. The molecule has 2 fully saturated rings. The molecule has 1 N–H and O–H groups in total. The van der Waals surface area contributed by atoms with E-state index in [1.54, 1.807) is 12.1 Å². The van der Waals surface area contributed by atoms with Crippen LogP contribution in [0.25, 0.3) is 0 Å². The zero-order chi connectivity index (χ0) is 16.2. The molecule has 0 bridgehead atoms. The molecule has 0 amide bonds. The number of carboxylic acids is 1. The first kappa shape index (κ1) is 15.1. The van der Waals surface area contributed by atoms with Gasteiger partial charge in [0, 0.05) is 13.1 Å². The molecule has 1 aromatic rings. The van der Waals surface area contributed by atoms with Crippen LogP contribution in [0.15, 0.2) is 23.1 Å². The molecule has 3 aliphatic rings. The van der Waals surface area contributed by atoms with Gasteiger partial charge in [-0.2, -0.15) is 4.31 Å². The molecule has 5 nitrogen and oxygen atoms in total. The van der Waals surface area contributed by atoms with Crippen LogP contribution in [0.2, 0.25) is 0 Å². The average molecular weight is 335 g/mol. The third-order valence-corrected chi connectivity index (χ3v) is 7.78. The Hall–Kier alpha value is -1.40. The summed E-state index contributed by atoms with van der Waals surface area (Å²) in [6, 6.07) is 5.39. The van der Waals surface area contributed by atoms with Crippen LogP contribution >= 0.6 is 0 Å². The minimum atomic E-state index is -3.60. The Kier molecular flexibility index (Phi) is 3.32. The summed E-state index contributed by atoms with van der Waals surface area (Å²) >= 11 is 0. The molecule has 0 unspecified atom stereocenters. The predicted molar refractivity (Wildman–Crippen MR) is 84.6 cm³/mol. The highest BCUT2D eigenvalue weighted by atomic mass is 32.2. The monoisotopic (exact) mass is 335 g/mol. The summed E-state index contributed by atoms with van der Waals surface area (Å²) in [6.07, 6.45) is 5.30. The smallest absolute Gasteiger partial charge is 0.311 e. The lowest BCUT2D eigenvalue weighted by atomic mass is 9.81. The fourth-order valence-electron chi connectivity index (χ4n) is 4.63. The third kappa shape index (κ3) is 2.15. The molecule has 0 radical (unpaired) electrons. The number of aliphatic carboxylic acids is 1. The van der Waals surface area contributed by atoms with Crippen LogP contribution in [0, 0.1) is 11.3 Å². The number of sulfonamides is 1. The summed E-state index contributed by atoms with van der Waals surface area (Å²) < 4.78 is 27.3. The molecule has 23 heavy (non-hydrogen) atoms. The highest BCUT2D eigenvalue weighted by molar-refractivity contribution is 7.89. The van der Waals surface area contributed by atoms with E-state index in [4.69, 9.17) is 0 Å². The van der Waals surface area contributed by atoms with Crippen LogP contribution in [-0.2, 0) is 27.7 Å². The van der Waals surface area contributed by atoms with E-state index < -0.39 is 21.4 Å².